The van der Waals surface area contributed by atoms with E-state index >= 15 is 0 Å². The molecule has 0 N–H and O–H groups in total. The SMILES string of the molecule is COC(=O)c1ccc2oc(Cl)cc2c1. The monoisotopic (exact) mass is 210 g/mol. The van der Waals surface area contributed by atoms with Crippen LogP contribution in [0.4, 0.5) is 0 Å². The lowest BCUT2D eigenvalue weighted by Crippen LogP contribution is -1.99. The molecule has 0 aliphatic carbocycles. The first-order chi connectivity index (χ1) is 6.70. The molecular weight excluding hydrogens is 204 g/mol. The second kappa shape index (κ2) is 3.35. The second-order valence-electron chi connectivity index (χ2n) is 2.79. The number of furan rings is 1. The molecule has 0 saturated heterocycles. The van der Waals surface area contributed by atoms with Gasteiger partial charge in [0.05, 0.1) is 12.7 Å². The number of ether oxygens (including phenoxy) is 1. The van der Waals surface area contributed by atoms with E-state index in [-0.39, 0.29) is 5.97 Å². The lowest BCUT2D eigenvalue weighted by atomic mass is 10.2. The zero-order valence-electron chi connectivity index (χ0n) is 7.41. The lowest BCUT2D eigenvalue weighted by Gasteiger charge is -1.97. The lowest BCUT2D eigenvalue weighted by molar-refractivity contribution is 0.0601. The number of esters is 1. The van der Waals surface area contributed by atoms with Gasteiger partial charge in [0.1, 0.15) is 5.58 Å². The van der Waals surface area contributed by atoms with E-state index in [9.17, 15) is 4.79 Å². The zero-order valence-corrected chi connectivity index (χ0v) is 8.17. The summed E-state index contributed by atoms with van der Waals surface area (Å²) in [5.74, 6) is -0.371. The highest BCUT2D eigenvalue weighted by atomic mass is 35.5. The van der Waals surface area contributed by atoms with Crippen LogP contribution in [-0.4, -0.2) is 13.1 Å². The third kappa shape index (κ3) is 1.46. The summed E-state index contributed by atoms with van der Waals surface area (Å²) in [6.45, 7) is 0. The zero-order chi connectivity index (χ0) is 10.1. The topological polar surface area (TPSA) is 39.4 Å². The van der Waals surface area contributed by atoms with Crippen molar-refractivity contribution in [3.8, 4) is 0 Å². The van der Waals surface area contributed by atoms with Crippen molar-refractivity contribution in [1.82, 2.24) is 0 Å². The van der Waals surface area contributed by atoms with E-state index in [2.05, 4.69) is 4.74 Å². The van der Waals surface area contributed by atoms with Crippen LogP contribution in [0.5, 0.6) is 0 Å². The molecule has 0 atom stereocenters. The first kappa shape index (κ1) is 9.09. The summed E-state index contributed by atoms with van der Waals surface area (Å²) in [4.78, 5) is 11.2. The fourth-order valence-corrected chi connectivity index (χ4v) is 1.46. The molecule has 0 aliphatic rings. The van der Waals surface area contributed by atoms with Gasteiger partial charge in [-0.05, 0) is 29.8 Å². The molecule has 2 aromatic rings. The van der Waals surface area contributed by atoms with Crippen molar-refractivity contribution < 1.29 is 13.9 Å². The van der Waals surface area contributed by atoms with Gasteiger partial charge < -0.3 is 9.15 Å². The van der Waals surface area contributed by atoms with Crippen LogP contribution >= 0.6 is 11.6 Å². The minimum absolute atomic E-state index is 0.307. The van der Waals surface area contributed by atoms with Gasteiger partial charge in [-0.2, -0.15) is 0 Å². The van der Waals surface area contributed by atoms with Gasteiger partial charge in [0.2, 0.25) is 0 Å². The second-order valence-corrected chi connectivity index (χ2v) is 3.17. The maximum Gasteiger partial charge on any atom is 0.337 e. The number of benzene rings is 1. The van der Waals surface area contributed by atoms with Crippen molar-refractivity contribution in [3.63, 3.8) is 0 Å². The van der Waals surface area contributed by atoms with E-state index in [1.54, 1.807) is 24.3 Å². The summed E-state index contributed by atoms with van der Waals surface area (Å²) in [6.07, 6.45) is 0. The Morgan fingerprint density at radius 2 is 2.21 bits per heavy atom. The molecule has 0 spiro atoms. The highest BCUT2D eigenvalue weighted by Gasteiger charge is 2.08. The van der Waals surface area contributed by atoms with Gasteiger partial charge >= 0.3 is 5.97 Å². The van der Waals surface area contributed by atoms with E-state index in [0.29, 0.717) is 16.4 Å². The molecule has 0 bridgehead atoms. The van der Waals surface area contributed by atoms with E-state index in [1.165, 1.54) is 7.11 Å². The Labute approximate surface area is 85.2 Å². The van der Waals surface area contributed by atoms with Gasteiger partial charge in [-0.25, -0.2) is 4.79 Å². The molecular formula is C10H7ClO3. The van der Waals surface area contributed by atoms with Crippen LogP contribution < -0.4 is 0 Å². The number of halogens is 1. The molecule has 0 saturated carbocycles. The molecule has 1 heterocycles. The Hall–Kier alpha value is -1.48. The minimum Gasteiger partial charge on any atom is -0.465 e. The van der Waals surface area contributed by atoms with Gasteiger partial charge in [-0.15, -0.1) is 0 Å². The van der Waals surface area contributed by atoms with E-state index < -0.39 is 0 Å². The Balaban J connectivity index is 2.55. The maximum atomic E-state index is 11.2. The van der Waals surface area contributed by atoms with Crippen molar-refractivity contribution in [2.75, 3.05) is 7.11 Å². The number of methoxy groups -OCH3 is 1. The van der Waals surface area contributed by atoms with Gasteiger partial charge in [-0.1, -0.05) is 0 Å². The first-order valence-corrected chi connectivity index (χ1v) is 4.36. The van der Waals surface area contributed by atoms with E-state index in [4.69, 9.17) is 16.0 Å². The standard InChI is InChI=1S/C10H7ClO3/c1-13-10(12)6-2-3-8-7(4-6)5-9(11)14-8/h2-5H,1H3. The van der Waals surface area contributed by atoms with Crippen LogP contribution in [0, 0.1) is 0 Å². The molecule has 0 unspecified atom stereocenters. The summed E-state index contributed by atoms with van der Waals surface area (Å²) in [6, 6.07) is 6.65. The van der Waals surface area contributed by atoms with Gasteiger partial charge in [0, 0.05) is 11.5 Å². The van der Waals surface area contributed by atoms with Gasteiger partial charge in [0.15, 0.2) is 5.22 Å². The predicted octanol–water partition coefficient (Wildman–Crippen LogP) is 2.87. The summed E-state index contributed by atoms with van der Waals surface area (Å²) >= 11 is 5.67. The summed E-state index contributed by atoms with van der Waals surface area (Å²) in [5.41, 5.74) is 1.14. The van der Waals surface area contributed by atoms with Gasteiger partial charge in [-0.3, -0.25) is 0 Å². The number of hydrogen-bond acceptors (Lipinski definition) is 3. The fraction of sp³-hybridized carbons (Fsp3) is 0.100. The third-order valence-electron chi connectivity index (χ3n) is 1.91. The van der Waals surface area contributed by atoms with Crippen molar-refractivity contribution in [2.45, 2.75) is 0 Å². The number of fused-ring (bicyclic) bond motifs is 1. The maximum absolute atomic E-state index is 11.2. The van der Waals surface area contributed by atoms with Crippen molar-refractivity contribution in [2.24, 2.45) is 0 Å². The first-order valence-electron chi connectivity index (χ1n) is 3.98. The molecule has 1 aromatic carbocycles. The molecule has 0 radical (unpaired) electrons. The van der Waals surface area contributed by atoms with Gasteiger partial charge in [0.25, 0.3) is 0 Å². The average molecular weight is 211 g/mol. The summed E-state index contributed by atoms with van der Waals surface area (Å²) in [7, 11) is 1.34. The van der Waals surface area contributed by atoms with Crippen LogP contribution in [0.2, 0.25) is 5.22 Å². The number of carbonyl (C=O) groups excluding carboxylic acids is 1. The smallest absolute Gasteiger partial charge is 0.337 e. The van der Waals surface area contributed by atoms with E-state index in [1.807, 2.05) is 0 Å². The third-order valence-corrected chi connectivity index (χ3v) is 2.09. The summed E-state index contributed by atoms with van der Waals surface area (Å²) in [5, 5.41) is 1.10. The molecule has 1 aromatic heterocycles. The highest BCUT2D eigenvalue weighted by molar-refractivity contribution is 6.29. The highest BCUT2D eigenvalue weighted by Crippen LogP contribution is 2.23. The molecule has 2 rings (SSSR count). The molecule has 3 nitrogen and oxygen atoms in total. The normalized spacial score (nSPS) is 10.4. The van der Waals surface area contributed by atoms with Crippen molar-refractivity contribution in [3.05, 3.63) is 35.0 Å². The Bertz CT molecular complexity index is 487. The van der Waals surface area contributed by atoms with Crippen LogP contribution in [0.1, 0.15) is 10.4 Å². The quantitative estimate of drug-likeness (QED) is 0.680. The van der Waals surface area contributed by atoms with Crippen molar-refractivity contribution in [1.29, 1.82) is 0 Å². The Morgan fingerprint density at radius 1 is 1.43 bits per heavy atom. The Morgan fingerprint density at radius 3 is 2.93 bits per heavy atom. The number of carbonyl (C=O) groups is 1. The average Bonchev–Trinajstić information content (AvgIpc) is 2.55. The molecule has 14 heavy (non-hydrogen) atoms. The van der Waals surface area contributed by atoms with Crippen LogP contribution in [0.25, 0.3) is 11.0 Å². The van der Waals surface area contributed by atoms with Crippen LogP contribution in [-0.2, 0) is 4.74 Å². The Kier molecular flexibility index (Phi) is 2.17. The number of rotatable bonds is 1. The molecule has 0 amide bonds. The summed E-state index contributed by atoms with van der Waals surface area (Å²) < 4.78 is 9.74. The number of hydrogen-bond donors (Lipinski definition) is 0. The fourth-order valence-electron chi connectivity index (χ4n) is 1.26. The van der Waals surface area contributed by atoms with E-state index in [0.717, 1.165) is 5.39 Å². The molecule has 4 heteroatoms. The minimum atomic E-state index is -0.371. The van der Waals surface area contributed by atoms with Crippen LogP contribution in [0.3, 0.4) is 0 Å². The van der Waals surface area contributed by atoms with Crippen LogP contribution in [0.15, 0.2) is 28.7 Å². The predicted molar refractivity (Wildman–Crippen MR) is 52.6 cm³/mol. The largest absolute Gasteiger partial charge is 0.465 e. The molecule has 0 aliphatic heterocycles. The molecule has 0 fully saturated rings. The molecule has 72 valence electrons. The van der Waals surface area contributed by atoms with Crippen molar-refractivity contribution >= 4 is 28.5 Å².